The summed E-state index contributed by atoms with van der Waals surface area (Å²) in [5.41, 5.74) is 1.20. The van der Waals surface area contributed by atoms with Crippen LogP contribution in [0.1, 0.15) is 48.0 Å². The standard InChI is InChI=1S/C27H22F6N8O2/c1-12-18(38-25(43-12)27(31,32)33)14-5-3-13(4-6-14)10-40-23-16(41(26(40)34)21(30)20(28)29)9-35-22(39-23)17-19(15-7-8-15)36-11-37-24(17)42-2/h3-6,9,11,15,20-21,34H,7-8,10H2,1-2H3. The molecular formula is C27H22F6N8O2. The van der Waals surface area contributed by atoms with Crippen LogP contribution in [0.2, 0.25) is 0 Å². The van der Waals surface area contributed by atoms with Crippen molar-refractivity contribution in [1.29, 1.82) is 5.41 Å². The lowest BCUT2D eigenvalue weighted by Gasteiger charge is -2.11. The first-order valence-electron chi connectivity index (χ1n) is 13.0. The molecule has 1 unspecified atom stereocenters. The summed E-state index contributed by atoms with van der Waals surface area (Å²) in [4.78, 5) is 20.9. The van der Waals surface area contributed by atoms with Crippen molar-refractivity contribution in [3.63, 3.8) is 0 Å². The van der Waals surface area contributed by atoms with Crippen molar-refractivity contribution in [3.8, 4) is 28.5 Å². The SMILES string of the molecule is COc1ncnc(C2CC2)c1-c1ncc2c(n1)n(Cc1ccc(-c3nc(C(F)(F)F)oc3C)cc1)c(=N)n2C(F)C(F)F. The van der Waals surface area contributed by atoms with Gasteiger partial charge in [0.1, 0.15) is 28.9 Å². The number of nitrogens with one attached hydrogen (secondary N) is 1. The zero-order valence-electron chi connectivity index (χ0n) is 22.5. The molecule has 0 amide bonds. The van der Waals surface area contributed by atoms with E-state index in [1.54, 1.807) is 12.1 Å². The maximum absolute atomic E-state index is 14.8. The number of oxazole rings is 1. The first kappa shape index (κ1) is 28.4. The zero-order chi connectivity index (χ0) is 30.6. The number of imidazole rings is 1. The zero-order valence-corrected chi connectivity index (χ0v) is 22.5. The van der Waals surface area contributed by atoms with E-state index in [1.165, 1.54) is 43.3 Å². The summed E-state index contributed by atoms with van der Waals surface area (Å²) < 4.78 is 92.9. The van der Waals surface area contributed by atoms with E-state index in [-0.39, 0.29) is 46.8 Å². The molecule has 43 heavy (non-hydrogen) atoms. The molecule has 0 bridgehead atoms. The second-order valence-electron chi connectivity index (χ2n) is 9.93. The van der Waals surface area contributed by atoms with Gasteiger partial charge < -0.3 is 9.15 Å². The van der Waals surface area contributed by atoms with E-state index in [1.807, 2.05) is 0 Å². The highest BCUT2D eigenvalue weighted by Gasteiger charge is 2.38. The van der Waals surface area contributed by atoms with Crippen LogP contribution in [0.25, 0.3) is 33.8 Å². The first-order chi connectivity index (χ1) is 20.5. The third-order valence-electron chi connectivity index (χ3n) is 7.03. The highest BCUT2D eigenvalue weighted by molar-refractivity contribution is 5.76. The summed E-state index contributed by atoms with van der Waals surface area (Å²) in [7, 11) is 1.42. The van der Waals surface area contributed by atoms with Gasteiger partial charge in [-0.3, -0.25) is 14.5 Å². The molecule has 1 aliphatic carbocycles. The summed E-state index contributed by atoms with van der Waals surface area (Å²) >= 11 is 0. The molecule has 16 heteroatoms. The number of benzene rings is 1. The number of rotatable bonds is 8. The molecule has 0 spiro atoms. The van der Waals surface area contributed by atoms with Crippen LogP contribution in [0.3, 0.4) is 0 Å². The number of hydrogen-bond acceptors (Lipinski definition) is 8. The third-order valence-corrected chi connectivity index (χ3v) is 7.03. The van der Waals surface area contributed by atoms with Gasteiger partial charge in [-0.15, -0.1) is 0 Å². The molecule has 5 aromatic rings. The number of halogens is 6. The fourth-order valence-electron chi connectivity index (χ4n) is 4.86. The molecule has 1 fully saturated rings. The highest BCUT2D eigenvalue weighted by Crippen LogP contribution is 2.45. The molecule has 0 aliphatic heterocycles. The van der Waals surface area contributed by atoms with Gasteiger partial charge in [0.05, 0.1) is 25.5 Å². The smallest absolute Gasteiger partial charge is 0.468 e. The Morgan fingerprint density at radius 3 is 2.40 bits per heavy atom. The Bertz CT molecular complexity index is 1880. The molecule has 0 radical (unpaired) electrons. The summed E-state index contributed by atoms with van der Waals surface area (Å²) in [6, 6.07) is 6.14. The van der Waals surface area contributed by atoms with E-state index >= 15 is 0 Å². The largest absolute Gasteiger partial charge is 0.480 e. The van der Waals surface area contributed by atoms with E-state index in [2.05, 4.69) is 24.9 Å². The van der Waals surface area contributed by atoms with Crippen molar-refractivity contribution >= 4 is 11.2 Å². The van der Waals surface area contributed by atoms with Crippen LogP contribution in [-0.2, 0) is 12.7 Å². The Morgan fingerprint density at radius 2 is 1.79 bits per heavy atom. The molecule has 4 aromatic heterocycles. The maximum Gasteiger partial charge on any atom is 0.468 e. The summed E-state index contributed by atoms with van der Waals surface area (Å²) in [5.74, 6) is -0.934. The van der Waals surface area contributed by atoms with Gasteiger partial charge in [-0.25, -0.2) is 38.1 Å². The minimum atomic E-state index is -4.75. The van der Waals surface area contributed by atoms with Crippen LogP contribution >= 0.6 is 0 Å². The highest BCUT2D eigenvalue weighted by atomic mass is 19.4. The molecule has 1 aliphatic rings. The number of ether oxygens (including phenoxy) is 1. The lowest BCUT2D eigenvalue weighted by molar-refractivity contribution is -0.157. The van der Waals surface area contributed by atoms with Crippen molar-refractivity contribution in [2.24, 2.45) is 0 Å². The number of aryl methyl sites for hydroxylation is 1. The predicted octanol–water partition coefficient (Wildman–Crippen LogP) is 5.82. The van der Waals surface area contributed by atoms with Gasteiger partial charge in [0.2, 0.25) is 17.8 Å². The Kier molecular flexibility index (Phi) is 6.93. The Labute approximate surface area is 238 Å². The average Bonchev–Trinajstić information content (AvgIpc) is 3.70. The van der Waals surface area contributed by atoms with Gasteiger partial charge in [-0.1, -0.05) is 24.3 Å². The van der Waals surface area contributed by atoms with E-state index < -0.39 is 30.4 Å². The normalized spacial score (nSPS) is 14.5. The molecule has 1 N–H and O–H groups in total. The van der Waals surface area contributed by atoms with Crippen molar-refractivity contribution in [2.45, 2.75) is 51.1 Å². The monoisotopic (exact) mass is 604 g/mol. The quantitative estimate of drug-likeness (QED) is 0.222. The van der Waals surface area contributed by atoms with Crippen molar-refractivity contribution in [2.75, 3.05) is 7.11 Å². The van der Waals surface area contributed by atoms with Gasteiger partial charge in [0.15, 0.2) is 11.5 Å². The summed E-state index contributed by atoms with van der Waals surface area (Å²) in [6.07, 6.45) is -6.72. The number of nitrogens with zero attached hydrogens (tertiary/aromatic N) is 7. The van der Waals surface area contributed by atoms with Crippen LogP contribution in [0.4, 0.5) is 26.3 Å². The summed E-state index contributed by atoms with van der Waals surface area (Å²) in [6.45, 7) is 1.25. The van der Waals surface area contributed by atoms with Crippen LogP contribution in [-0.4, -0.2) is 47.6 Å². The molecule has 1 atom stereocenters. The number of aromatic nitrogens is 7. The van der Waals surface area contributed by atoms with E-state index in [4.69, 9.17) is 14.6 Å². The van der Waals surface area contributed by atoms with Crippen LogP contribution in [0.15, 0.2) is 41.2 Å². The lowest BCUT2D eigenvalue weighted by atomic mass is 10.1. The minimum Gasteiger partial charge on any atom is -0.480 e. The van der Waals surface area contributed by atoms with Crippen molar-refractivity contribution in [1.82, 2.24) is 34.1 Å². The molecule has 224 valence electrons. The van der Waals surface area contributed by atoms with E-state index in [0.29, 0.717) is 27.0 Å². The lowest BCUT2D eigenvalue weighted by Crippen LogP contribution is -2.29. The molecule has 0 saturated heterocycles. The van der Waals surface area contributed by atoms with Gasteiger partial charge in [-0.2, -0.15) is 13.2 Å². The number of alkyl halides is 6. The number of fused-ring (bicyclic) bond motifs is 1. The third kappa shape index (κ3) is 5.10. The average molecular weight is 605 g/mol. The molecule has 6 rings (SSSR count). The second-order valence-corrected chi connectivity index (χ2v) is 9.93. The topological polar surface area (TPSA) is 121 Å². The second kappa shape index (κ2) is 10.5. The van der Waals surface area contributed by atoms with Crippen LogP contribution in [0, 0.1) is 12.3 Å². The Hall–Kier alpha value is -4.76. The number of methoxy groups -OCH3 is 1. The van der Waals surface area contributed by atoms with Gasteiger partial charge in [0, 0.05) is 11.5 Å². The van der Waals surface area contributed by atoms with Crippen molar-refractivity contribution < 1.29 is 35.5 Å². The molecule has 10 nitrogen and oxygen atoms in total. The van der Waals surface area contributed by atoms with Gasteiger partial charge in [0.25, 0.3) is 6.43 Å². The molecule has 4 heterocycles. The van der Waals surface area contributed by atoms with Crippen LogP contribution in [0.5, 0.6) is 5.88 Å². The first-order valence-corrected chi connectivity index (χ1v) is 13.0. The summed E-state index contributed by atoms with van der Waals surface area (Å²) in [5, 5.41) is 8.59. The van der Waals surface area contributed by atoms with Gasteiger partial charge >= 0.3 is 12.1 Å². The van der Waals surface area contributed by atoms with E-state index in [0.717, 1.165) is 12.8 Å². The Morgan fingerprint density at radius 1 is 1.07 bits per heavy atom. The fourth-order valence-corrected chi connectivity index (χ4v) is 4.86. The maximum atomic E-state index is 14.8. The van der Waals surface area contributed by atoms with Gasteiger partial charge in [-0.05, 0) is 25.3 Å². The van der Waals surface area contributed by atoms with E-state index in [9.17, 15) is 26.3 Å². The molecular weight excluding hydrogens is 582 g/mol. The van der Waals surface area contributed by atoms with Crippen LogP contribution < -0.4 is 10.4 Å². The van der Waals surface area contributed by atoms with Crippen molar-refractivity contribution in [3.05, 3.63) is 65.3 Å². The Balaban J connectivity index is 1.44. The fraction of sp³-hybridized carbons (Fsp3) is 0.333. The molecule has 1 saturated carbocycles. The molecule has 1 aromatic carbocycles. The number of hydrogen-bond donors (Lipinski definition) is 1. The minimum absolute atomic E-state index is 0.00260. The predicted molar refractivity (Wildman–Crippen MR) is 138 cm³/mol.